The Balaban J connectivity index is 1.95. The number of hydrogen-bond donors (Lipinski definition) is 2. The van der Waals surface area contributed by atoms with Gasteiger partial charge in [0.1, 0.15) is 0 Å². The van der Waals surface area contributed by atoms with Crippen molar-refractivity contribution in [2.24, 2.45) is 5.92 Å². The molecule has 2 unspecified atom stereocenters. The number of hydrogen-bond acceptors (Lipinski definition) is 3. The average molecular weight is 267 g/mol. The molecule has 0 aromatic carbocycles. The van der Waals surface area contributed by atoms with Crippen molar-refractivity contribution in [2.45, 2.75) is 44.6 Å². The number of carbonyl (C=O) groups is 1. The molecule has 1 amide bonds. The number of rotatable bonds is 4. The van der Waals surface area contributed by atoms with Crippen LogP contribution in [0.3, 0.4) is 0 Å². The fraction of sp³-hybridized carbons (Fsp3) is 0.643. The lowest BCUT2D eigenvalue weighted by molar-refractivity contribution is -0.123. The van der Waals surface area contributed by atoms with Crippen LogP contribution >= 0.6 is 11.3 Å². The molecule has 3 nitrogen and oxygen atoms in total. The Morgan fingerprint density at radius 2 is 2.50 bits per heavy atom. The van der Waals surface area contributed by atoms with Gasteiger partial charge < -0.3 is 10.4 Å². The summed E-state index contributed by atoms with van der Waals surface area (Å²) in [6.45, 7) is 2.24. The zero-order valence-corrected chi connectivity index (χ0v) is 11.6. The van der Waals surface area contributed by atoms with Crippen LogP contribution in [0.2, 0.25) is 0 Å². The van der Waals surface area contributed by atoms with Crippen molar-refractivity contribution in [2.75, 3.05) is 6.61 Å². The molecule has 1 aromatic heterocycles. The smallest absolute Gasteiger partial charge is 0.225 e. The Morgan fingerprint density at radius 3 is 3.11 bits per heavy atom. The third-order valence-electron chi connectivity index (χ3n) is 3.71. The SMILES string of the molecule is CC1CCCC(CO)(NC(=O)Cc2cccs2)C1. The first-order valence-electron chi connectivity index (χ1n) is 6.58. The van der Waals surface area contributed by atoms with Gasteiger partial charge in [-0.15, -0.1) is 11.3 Å². The lowest BCUT2D eigenvalue weighted by atomic mass is 9.77. The van der Waals surface area contributed by atoms with Gasteiger partial charge in [-0.25, -0.2) is 0 Å². The van der Waals surface area contributed by atoms with Crippen LogP contribution in [0, 0.1) is 5.92 Å². The van der Waals surface area contributed by atoms with E-state index in [0.29, 0.717) is 12.3 Å². The van der Waals surface area contributed by atoms with Gasteiger partial charge in [-0.05, 0) is 30.2 Å². The second kappa shape index (κ2) is 5.85. The summed E-state index contributed by atoms with van der Waals surface area (Å²) >= 11 is 1.60. The Morgan fingerprint density at radius 1 is 1.67 bits per heavy atom. The highest BCUT2D eigenvalue weighted by molar-refractivity contribution is 7.10. The van der Waals surface area contributed by atoms with E-state index in [1.54, 1.807) is 11.3 Å². The summed E-state index contributed by atoms with van der Waals surface area (Å²) in [5, 5.41) is 14.7. The highest BCUT2D eigenvalue weighted by Crippen LogP contribution is 2.32. The van der Waals surface area contributed by atoms with Crippen molar-refractivity contribution in [3.63, 3.8) is 0 Å². The van der Waals surface area contributed by atoms with Gasteiger partial charge in [0, 0.05) is 4.88 Å². The van der Waals surface area contributed by atoms with Crippen molar-refractivity contribution in [3.05, 3.63) is 22.4 Å². The molecule has 1 aliphatic rings. The van der Waals surface area contributed by atoms with Gasteiger partial charge in [-0.2, -0.15) is 0 Å². The maximum atomic E-state index is 12.0. The van der Waals surface area contributed by atoms with Crippen molar-refractivity contribution >= 4 is 17.2 Å². The quantitative estimate of drug-likeness (QED) is 0.880. The summed E-state index contributed by atoms with van der Waals surface area (Å²) in [4.78, 5) is 13.1. The van der Waals surface area contributed by atoms with Gasteiger partial charge in [0.15, 0.2) is 0 Å². The minimum Gasteiger partial charge on any atom is -0.394 e. The van der Waals surface area contributed by atoms with Crippen LogP contribution in [0.1, 0.15) is 37.5 Å². The molecule has 0 spiro atoms. The van der Waals surface area contributed by atoms with E-state index in [9.17, 15) is 9.90 Å². The molecule has 1 fully saturated rings. The predicted octanol–water partition coefficient (Wildman–Crippen LogP) is 2.35. The van der Waals surface area contributed by atoms with Crippen molar-refractivity contribution in [3.8, 4) is 0 Å². The van der Waals surface area contributed by atoms with Crippen LogP contribution in [0.5, 0.6) is 0 Å². The van der Waals surface area contributed by atoms with E-state index in [4.69, 9.17) is 0 Å². The molecule has 0 bridgehead atoms. The largest absolute Gasteiger partial charge is 0.394 e. The molecule has 100 valence electrons. The van der Waals surface area contributed by atoms with E-state index in [-0.39, 0.29) is 18.1 Å². The van der Waals surface area contributed by atoms with Crippen LogP contribution in [-0.2, 0) is 11.2 Å². The zero-order valence-electron chi connectivity index (χ0n) is 10.8. The molecule has 0 saturated heterocycles. The van der Waals surface area contributed by atoms with Gasteiger partial charge in [-0.1, -0.05) is 25.8 Å². The van der Waals surface area contributed by atoms with Crippen LogP contribution in [0.4, 0.5) is 0 Å². The van der Waals surface area contributed by atoms with Gasteiger partial charge in [-0.3, -0.25) is 4.79 Å². The van der Waals surface area contributed by atoms with Crippen molar-refractivity contribution in [1.29, 1.82) is 0 Å². The molecule has 1 heterocycles. The second-order valence-corrected chi connectivity index (χ2v) is 6.48. The van der Waals surface area contributed by atoms with E-state index >= 15 is 0 Å². The van der Waals surface area contributed by atoms with Crippen molar-refractivity contribution in [1.82, 2.24) is 5.32 Å². The van der Waals surface area contributed by atoms with Gasteiger partial charge >= 0.3 is 0 Å². The fourth-order valence-corrected chi connectivity index (χ4v) is 3.57. The Labute approximate surface area is 112 Å². The summed E-state index contributed by atoms with van der Waals surface area (Å²) < 4.78 is 0. The van der Waals surface area contributed by atoms with Crippen molar-refractivity contribution < 1.29 is 9.90 Å². The first-order valence-corrected chi connectivity index (χ1v) is 7.46. The van der Waals surface area contributed by atoms with E-state index in [2.05, 4.69) is 12.2 Å². The summed E-state index contributed by atoms with van der Waals surface area (Å²) in [6.07, 6.45) is 4.49. The number of carbonyl (C=O) groups excluding carboxylic acids is 1. The van der Waals surface area contributed by atoms with Gasteiger partial charge in [0.05, 0.1) is 18.6 Å². The van der Waals surface area contributed by atoms with Gasteiger partial charge in [0.2, 0.25) is 5.91 Å². The molecule has 2 rings (SSSR count). The van der Waals surface area contributed by atoms with E-state index in [1.807, 2.05) is 17.5 Å². The molecule has 1 aromatic rings. The fourth-order valence-electron chi connectivity index (χ4n) is 2.87. The number of aliphatic hydroxyl groups is 1. The lowest BCUT2D eigenvalue weighted by Gasteiger charge is -2.39. The number of thiophene rings is 1. The van der Waals surface area contributed by atoms with Crippen LogP contribution in [0.25, 0.3) is 0 Å². The maximum absolute atomic E-state index is 12.0. The molecule has 18 heavy (non-hydrogen) atoms. The number of aliphatic hydroxyl groups excluding tert-OH is 1. The first kappa shape index (κ1) is 13.6. The summed E-state index contributed by atoms with van der Waals surface area (Å²) in [7, 11) is 0. The van der Waals surface area contributed by atoms with Crippen LogP contribution < -0.4 is 5.32 Å². The second-order valence-electron chi connectivity index (χ2n) is 5.44. The lowest BCUT2D eigenvalue weighted by Crippen LogP contribution is -2.54. The monoisotopic (exact) mass is 267 g/mol. The Bertz CT molecular complexity index is 391. The molecule has 0 radical (unpaired) electrons. The minimum atomic E-state index is -0.383. The molecule has 1 aliphatic carbocycles. The third-order valence-corrected chi connectivity index (χ3v) is 4.59. The summed E-state index contributed by atoms with van der Waals surface area (Å²) in [5.74, 6) is 0.605. The Hall–Kier alpha value is -0.870. The molecule has 0 aliphatic heterocycles. The molecular weight excluding hydrogens is 246 g/mol. The summed E-state index contributed by atoms with van der Waals surface area (Å²) in [6, 6.07) is 3.93. The zero-order chi connectivity index (χ0) is 13.0. The van der Waals surface area contributed by atoms with E-state index in [0.717, 1.165) is 24.1 Å². The van der Waals surface area contributed by atoms with Crippen LogP contribution in [-0.4, -0.2) is 23.2 Å². The highest BCUT2D eigenvalue weighted by atomic mass is 32.1. The molecule has 2 atom stereocenters. The topological polar surface area (TPSA) is 49.3 Å². The molecule has 4 heteroatoms. The molecule has 1 saturated carbocycles. The number of amides is 1. The normalized spacial score (nSPS) is 28.0. The predicted molar refractivity (Wildman–Crippen MR) is 73.6 cm³/mol. The molecule has 2 N–H and O–H groups in total. The Kier molecular flexibility index (Phi) is 4.40. The third kappa shape index (κ3) is 3.33. The van der Waals surface area contributed by atoms with Crippen LogP contribution in [0.15, 0.2) is 17.5 Å². The number of nitrogens with one attached hydrogen (secondary N) is 1. The van der Waals surface area contributed by atoms with E-state index in [1.165, 1.54) is 6.42 Å². The molecular formula is C14H21NO2S. The first-order chi connectivity index (χ1) is 8.63. The van der Waals surface area contributed by atoms with Gasteiger partial charge in [0.25, 0.3) is 0 Å². The highest BCUT2D eigenvalue weighted by Gasteiger charge is 2.35. The minimum absolute atomic E-state index is 0.0283. The van der Waals surface area contributed by atoms with E-state index < -0.39 is 0 Å². The summed E-state index contributed by atoms with van der Waals surface area (Å²) in [5.41, 5.74) is -0.383. The standard InChI is InChI=1S/C14H21NO2S/c1-11-4-2-6-14(9-11,10-16)15-13(17)8-12-5-3-7-18-12/h3,5,7,11,16H,2,4,6,8-10H2,1H3,(H,15,17). The maximum Gasteiger partial charge on any atom is 0.225 e. The average Bonchev–Trinajstić information content (AvgIpc) is 2.81.